The quantitative estimate of drug-likeness (QED) is 0.725. The van der Waals surface area contributed by atoms with E-state index in [9.17, 15) is 17.2 Å². The van der Waals surface area contributed by atoms with Gasteiger partial charge in [0.1, 0.15) is 0 Å². The molecule has 26 heavy (non-hydrogen) atoms. The van der Waals surface area contributed by atoms with Crippen LogP contribution in [-0.4, -0.2) is 39.0 Å². The molecule has 0 aromatic heterocycles. The number of nitrogens with one attached hydrogen (secondary N) is 1. The number of rotatable bonds is 9. The van der Waals surface area contributed by atoms with Crippen molar-refractivity contribution in [3.8, 4) is 0 Å². The van der Waals surface area contributed by atoms with Crippen LogP contribution in [0.25, 0.3) is 0 Å². The van der Waals surface area contributed by atoms with Crippen LogP contribution in [-0.2, 0) is 16.4 Å². The van der Waals surface area contributed by atoms with E-state index >= 15 is 0 Å². The van der Waals surface area contributed by atoms with Gasteiger partial charge in [-0.25, -0.2) is 21.9 Å². The summed E-state index contributed by atoms with van der Waals surface area (Å²) >= 11 is 0. The van der Waals surface area contributed by atoms with Crippen molar-refractivity contribution in [1.82, 2.24) is 9.62 Å². The molecule has 2 rings (SSSR count). The molecular formula is C19H24F2N2O2S. The summed E-state index contributed by atoms with van der Waals surface area (Å²) in [6.07, 6.45) is 0.683. The molecule has 0 aliphatic rings. The maximum Gasteiger partial charge on any atom is 0.240 e. The van der Waals surface area contributed by atoms with Gasteiger partial charge in [-0.05, 0) is 43.3 Å². The number of hydrogen-bond donors (Lipinski definition) is 1. The van der Waals surface area contributed by atoms with E-state index in [0.717, 1.165) is 30.8 Å². The van der Waals surface area contributed by atoms with Crippen molar-refractivity contribution in [2.45, 2.75) is 31.2 Å². The van der Waals surface area contributed by atoms with Crippen molar-refractivity contribution < 1.29 is 17.2 Å². The Morgan fingerprint density at radius 1 is 1.00 bits per heavy atom. The lowest BCUT2D eigenvalue weighted by Gasteiger charge is -2.30. The summed E-state index contributed by atoms with van der Waals surface area (Å²) in [4.78, 5) is 1.88. The van der Waals surface area contributed by atoms with E-state index in [1.807, 2.05) is 44.2 Å². The van der Waals surface area contributed by atoms with Crippen LogP contribution in [0.3, 0.4) is 0 Å². The highest BCUT2D eigenvalue weighted by Gasteiger charge is 2.21. The molecule has 0 fully saturated rings. The molecule has 4 nitrogen and oxygen atoms in total. The zero-order valence-electron chi connectivity index (χ0n) is 15.0. The third-order valence-corrected chi connectivity index (χ3v) is 5.77. The summed E-state index contributed by atoms with van der Waals surface area (Å²) in [7, 11) is -3.92. The second-order valence-corrected chi connectivity index (χ2v) is 7.76. The summed E-state index contributed by atoms with van der Waals surface area (Å²) in [5.41, 5.74) is 1.11. The predicted molar refractivity (Wildman–Crippen MR) is 98.4 cm³/mol. The molecule has 0 saturated heterocycles. The van der Waals surface area contributed by atoms with Gasteiger partial charge < -0.3 is 0 Å². The summed E-state index contributed by atoms with van der Waals surface area (Å²) in [6, 6.07) is 12.3. The minimum Gasteiger partial charge on any atom is -0.299 e. The first kappa shape index (κ1) is 20.5. The van der Waals surface area contributed by atoms with Crippen molar-refractivity contribution in [1.29, 1.82) is 0 Å². The highest BCUT2D eigenvalue weighted by Crippen LogP contribution is 2.15. The average Bonchev–Trinajstić information content (AvgIpc) is 2.63. The zero-order chi connectivity index (χ0) is 19.2. The van der Waals surface area contributed by atoms with E-state index in [2.05, 4.69) is 9.62 Å². The van der Waals surface area contributed by atoms with Crippen LogP contribution in [0.15, 0.2) is 53.4 Å². The SMILES string of the molecule is CCN(CC)C(CNS(=O)(=O)c1ccc(F)c(F)c1)Cc1ccccc1. The second kappa shape index (κ2) is 9.21. The van der Waals surface area contributed by atoms with E-state index in [1.165, 1.54) is 0 Å². The molecule has 0 bridgehead atoms. The molecule has 2 aromatic rings. The number of nitrogens with zero attached hydrogens (tertiary/aromatic N) is 1. The Hall–Kier alpha value is -1.83. The van der Waals surface area contributed by atoms with Crippen LogP contribution in [0.4, 0.5) is 8.78 Å². The maximum absolute atomic E-state index is 13.4. The summed E-state index contributed by atoms with van der Waals surface area (Å²) in [5.74, 6) is -2.26. The molecule has 1 atom stereocenters. The molecule has 142 valence electrons. The predicted octanol–water partition coefficient (Wildman–Crippen LogP) is 3.20. The van der Waals surface area contributed by atoms with Crippen LogP contribution in [0, 0.1) is 11.6 Å². The van der Waals surface area contributed by atoms with Crippen LogP contribution in [0.2, 0.25) is 0 Å². The van der Waals surface area contributed by atoms with Crippen LogP contribution in [0.5, 0.6) is 0 Å². The number of likely N-dealkylation sites (N-methyl/N-ethyl adjacent to an activating group) is 1. The van der Waals surface area contributed by atoms with Crippen molar-refractivity contribution in [2.75, 3.05) is 19.6 Å². The third-order valence-electron chi connectivity index (χ3n) is 4.35. The Bertz CT molecular complexity index is 810. The maximum atomic E-state index is 13.4. The van der Waals surface area contributed by atoms with Crippen LogP contribution in [0.1, 0.15) is 19.4 Å². The fraction of sp³-hybridized carbons (Fsp3) is 0.368. The standard InChI is InChI=1S/C19H24F2N2O2S/c1-3-23(4-2)16(12-15-8-6-5-7-9-15)14-22-26(24,25)17-10-11-18(20)19(21)13-17/h5-11,13,16,22H,3-4,12,14H2,1-2H3. The van der Waals surface area contributed by atoms with Gasteiger partial charge in [-0.2, -0.15) is 0 Å². The van der Waals surface area contributed by atoms with Gasteiger partial charge in [0.2, 0.25) is 10.0 Å². The van der Waals surface area contributed by atoms with E-state index in [-0.39, 0.29) is 17.5 Å². The fourth-order valence-corrected chi connectivity index (χ4v) is 3.97. The van der Waals surface area contributed by atoms with E-state index in [0.29, 0.717) is 12.5 Å². The van der Waals surface area contributed by atoms with E-state index in [1.54, 1.807) is 0 Å². The number of benzene rings is 2. The van der Waals surface area contributed by atoms with Gasteiger partial charge in [0.15, 0.2) is 11.6 Å². The van der Waals surface area contributed by atoms with Crippen molar-refractivity contribution in [3.05, 3.63) is 65.7 Å². The Balaban J connectivity index is 2.15. The van der Waals surface area contributed by atoms with Gasteiger partial charge in [-0.15, -0.1) is 0 Å². The molecular weight excluding hydrogens is 358 g/mol. The van der Waals surface area contributed by atoms with E-state index < -0.39 is 21.7 Å². The lowest BCUT2D eigenvalue weighted by atomic mass is 10.0. The topological polar surface area (TPSA) is 49.4 Å². The normalized spacial score (nSPS) is 13.1. The largest absolute Gasteiger partial charge is 0.299 e. The summed E-state index contributed by atoms with van der Waals surface area (Å²) < 4.78 is 53.8. The molecule has 1 N–H and O–H groups in total. The van der Waals surface area contributed by atoms with Crippen LogP contribution >= 0.6 is 0 Å². The molecule has 7 heteroatoms. The molecule has 1 unspecified atom stereocenters. The molecule has 0 radical (unpaired) electrons. The monoisotopic (exact) mass is 382 g/mol. The first-order valence-electron chi connectivity index (χ1n) is 8.60. The minimum absolute atomic E-state index is 0.0486. The lowest BCUT2D eigenvalue weighted by molar-refractivity contribution is 0.216. The minimum atomic E-state index is -3.92. The average molecular weight is 382 g/mol. The number of halogens is 2. The van der Waals surface area contributed by atoms with Gasteiger partial charge in [0.25, 0.3) is 0 Å². The fourth-order valence-electron chi connectivity index (χ4n) is 2.89. The molecule has 0 spiro atoms. The molecule has 2 aromatic carbocycles. The van der Waals surface area contributed by atoms with Gasteiger partial charge in [0, 0.05) is 12.6 Å². The van der Waals surface area contributed by atoms with Gasteiger partial charge in [-0.1, -0.05) is 44.2 Å². The number of sulfonamides is 1. The van der Waals surface area contributed by atoms with Crippen molar-refractivity contribution in [2.24, 2.45) is 0 Å². The van der Waals surface area contributed by atoms with Gasteiger partial charge in [-0.3, -0.25) is 4.90 Å². The Kier molecular flexibility index (Phi) is 7.25. The lowest BCUT2D eigenvalue weighted by Crippen LogP contribution is -2.45. The highest BCUT2D eigenvalue weighted by molar-refractivity contribution is 7.89. The van der Waals surface area contributed by atoms with Crippen molar-refractivity contribution >= 4 is 10.0 Å². The molecule has 0 heterocycles. The van der Waals surface area contributed by atoms with Crippen LogP contribution < -0.4 is 4.72 Å². The first-order valence-corrected chi connectivity index (χ1v) is 10.1. The molecule has 0 amide bonds. The summed E-state index contributed by atoms with van der Waals surface area (Å²) in [5, 5.41) is 0. The first-order chi connectivity index (χ1) is 12.4. The summed E-state index contributed by atoms with van der Waals surface area (Å²) in [6.45, 7) is 5.77. The Morgan fingerprint density at radius 3 is 2.23 bits per heavy atom. The highest BCUT2D eigenvalue weighted by atomic mass is 32.2. The van der Waals surface area contributed by atoms with Gasteiger partial charge in [0.05, 0.1) is 4.90 Å². The smallest absolute Gasteiger partial charge is 0.240 e. The van der Waals surface area contributed by atoms with Gasteiger partial charge >= 0.3 is 0 Å². The Morgan fingerprint density at radius 2 is 1.65 bits per heavy atom. The zero-order valence-corrected chi connectivity index (χ0v) is 15.8. The van der Waals surface area contributed by atoms with E-state index in [4.69, 9.17) is 0 Å². The second-order valence-electron chi connectivity index (χ2n) is 5.99. The molecule has 0 aliphatic carbocycles. The number of hydrogen-bond acceptors (Lipinski definition) is 3. The molecule has 0 saturated carbocycles. The molecule has 0 aliphatic heterocycles. The third kappa shape index (κ3) is 5.33. The van der Waals surface area contributed by atoms with Crippen molar-refractivity contribution in [3.63, 3.8) is 0 Å². The Labute approximate surface area is 153 Å².